The third-order valence-corrected chi connectivity index (χ3v) is 6.94. The van der Waals surface area contributed by atoms with Gasteiger partial charge in [-0.25, -0.2) is 8.42 Å². The molecule has 142 valence electrons. The maximum absolute atomic E-state index is 13.0. The van der Waals surface area contributed by atoms with Crippen molar-refractivity contribution in [2.45, 2.75) is 37.7 Å². The third kappa shape index (κ3) is 3.57. The molecule has 3 rings (SSSR count). The second kappa shape index (κ2) is 7.28. The molecule has 7 nitrogen and oxygen atoms in total. The zero-order valence-electron chi connectivity index (χ0n) is 15.6. The van der Waals surface area contributed by atoms with Gasteiger partial charge in [0.05, 0.1) is 18.5 Å². The van der Waals surface area contributed by atoms with Crippen LogP contribution in [0, 0.1) is 13.8 Å². The lowest BCUT2D eigenvalue weighted by Crippen LogP contribution is -2.42. The molecule has 1 aromatic carbocycles. The van der Waals surface area contributed by atoms with Crippen molar-refractivity contribution in [3.63, 3.8) is 0 Å². The van der Waals surface area contributed by atoms with E-state index < -0.39 is 10.0 Å². The predicted molar refractivity (Wildman–Crippen MR) is 98.1 cm³/mol. The summed E-state index contributed by atoms with van der Waals surface area (Å²) >= 11 is 0. The van der Waals surface area contributed by atoms with Gasteiger partial charge >= 0.3 is 0 Å². The average molecular weight is 379 g/mol. The van der Waals surface area contributed by atoms with Crippen LogP contribution in [0.15, 0.2) is 29.2 Å². The van der Waals surface area contributed by atoms with Crippen LogP contribution in [-0.4, -0.2) is 48.8 Å². The van der Waals surface area contributed by atoms with Gasteiger partial charge in [-0.3, -0.25) is 4.68 Å². The standard InChI is InChI=1S/C18H25N3O4S/c1-13-18(14(2)20(3)19-13)26(22,23)21-10-8-15(9-11-21)25-17-7-5-6-16(12-17)24-4/h5-7,12,15H,8-11H2,1-4H3. The van der Waals surface area contributed by atoms with Crippen molar-refractivity contribution >= 4 is 10.0 Å². The Bertz CT molecular complexity index is 884. The Morgan fingerprint density at radius 3 is 2.38 bits per heavy atom. The van der Waals surface area contributed by atoms with Crippen LogP contribution < -0.4 is 9.47 Å². The van der Waals surface area contributed by atoms with Gasteiger partial charge in [0.2, 0.25) is 10.0 Å². The number of hydrogen-bond acceptors (Lipinski definition) is 5. The number of nitrogens with zero attached hydrogens (tertiary/aromatic N) is 3. The SMILES string of the molecule is COc1cccc(OC2CCN(S(=O)(=O)c3c(C)nn(C)c3C)CC2)c1. The smallest absolute Gasteiger partial charge is 0.246 e. The average Bonchev–Trinajstić information content (AvgIpc) is 2.88. The van der Waals surface area contributed by atoms with E-state index in [1.54, 1.807) is 32.7 Å². The Hall–Kier alpha value is -2.06. The quantitative estimate of drug-likeness (QED) is 0.797. The first kappa shape index (κ1) is 18.7. The molecule has 0 aliphatic carbocycles. The number of benzene rings is 1. The topological polar surface area (TPSA) is 73.7 Å². The van der Waals surface area contributed by atoms with E-state index in [0.717, 1.165) is 11.5 Å². The zero-order valence-corrected chi connectivity index (χ0v) is 16.4. The first-order valence-corrected chi connectivity index (χ1v) is 10.1. The molecule has 26 heavy (non-hydrogen) atoms. The lowest BCUT2D eigenvalue weighted by atomic mass is 10.1. The summed E-state index contributed by atoms with van der Waals surface area (Å²) in [7, 11) is -0.160. The summed E-state index contributed by atoms with van der Waals surface area (Å²) in [5, 5.41) is 4.23. The molecule has 0 N–H and O–H groups in total. The lowest BCUT2D eigenvalue weighted by Gasteiger charge is -2.31. The van der Waals surface area contributed by atoms with Crippen molar-refractivity contribution in [3.8, 4) is 11.5 Å². The molecule has 1 aliphatic heterocycles. The Labute approximate surface area is 154 Å². The Balaban J connectivity index is 1.68. The highest BCUT2D eigenvalue weighted by molar-refractivity contribution is 7.89. The summed E-state index contributed by atoms with van der Waals surface area (Å²) in [6, 6.07) is 7.46. The van der Waals surface area contributed by atoms with Crippen LogP contribution in [0.2, 0.25) is 0 Å². The molecule has 2 aromatic rings. The predicted octanol–water partition coefficient (Wildman–Crippen LogP) is 2.28. The fourth-order valence-electron chi connectivity index (χ4n) is 3.31. The third-order valence-electron chi connectivity index (χ3n) is 4.79. The molecule has 8 heteroatoms. The van der Waals surface area contributed by atoms with Crippen LogP contribution in [0.25, 0.3) is 0 Å². The van der Waals surface area contributed by atoms with Gasteiger partial charge in [-0.15, -0.1) is 0 Å². The zero-order chi connectivity index (χ0) is 18.9. The first-order chi connectivity index (χ1) is 12.3. The molecule has 0 atom stereocenters. The van der Waals surface area contributed by atoms with Crippen LogP contribution in [-0.2, 0) is 17.1 Å². The van der Waals surface area contributed by atoms with E-state index in [4.69, 9.17) is 9.47 Å². The van der Waals surface area contributed by atoms with E-state index in [1.807, 2.05) is 24.3 Å². The largest absolute Gasteiger partial charge is 0.497 e. The molecule has 1 saturated heterocycles. The number of piperidine rings is 1. The Morgan fingerprint density at radius 1 is 1.15 bits per heavy atom. The highest BCUT2D eigenvalue weighted by atomic mass is 32.2. The molecule has 2 heterocycles. The molecule has 0 radical (unpaired) electrons. The summed E-state index contributed by atoms with van der Waals surface area (Å²) < 4.78 is 40.4. The highest BCUT2D eigenvalue weighted by Gasteiger charge is 2.33. The van der Waals surface area contributed by atoms with Gasteiger partial charge in [0.1, 0.15) is 22.5 Å². The molecule has 1 fully saturated rings. The summed E-state index contributed by atoms with van der Waals surface area (Å²) in [6.45, 7) is 4.39. The fourth-order valence-corrected chi connectivity index (χ4v) is 5.18. The molecular weight excluding hydrogens is 354 g/mol. The van der Waals surface area contributed by atoms with Crippen molar-refractivity contribution in [1.29, 1.82) is 0 Å². The summed E-state index contributed by atoms with van der Waals surface area (Å²) in [5.41, 5.74) is 1.21. The van der Waals surface area contributed by atoms with Crippen molar-refractivity contribution in [2.24, 2.45) is 7.05 Å². The van der Waals surface area contributed by atoms with Crippen LogP contribution in [0.3, 0.4) is 0 Å². The molecule has 0 amide bonds. The number of rotatable bonds is 5. The number of aryl methyl sites for hydroxylation is 2. The Morgan fingerprint density at radius 2 is 1.81 bits per heavy atom. The summed E-state index contributed by atoms with van der Waals surface area (Å²) in [6.07, 6.45) is 1.29. The van der Waals surface area contributed by atoms with Gasteiger partial charge in [-0.1, -0.05) is 6.07 Å². The van der Waals surface area contributed by atoms with Gasteiger partial charge in [0.15, 0.2) is 0 Å². The monoisotopic (exact) mass is 379 g/mol. The number of aromatic nitrogens is 2. The number of ether oxygens (including phenoxy) is 2. The second-order valence-electron chi connectivity index (χ2n) is 6.52. The minimum Gasteiger partial charge on any atom is -0.497 e. The van der Waals surface area contributed by atoms with Gasteiger partial charge < -0.3 is 9.47 Å². The van der Waals surface area contributed by atoms with E-state index in [9.17, 15) is 8.42 Å². The summed E-state index contributed by atoms with van der Waals surface area (Å²) in [4.78, 5) is 0.326. The van der Waals surface area contributed by atoms with Crippen molar-refractivity contribution in [1.82, 2.24) is 14.1 Å². The van der Waals surface area contributed by atoms with Gasteiger partial charge in [0, 0.05) is 26.2 Å². The maximum Gasteiger partial charge on any atom is 0.246 e. The molecule has 1 aromatic heterocycles. The normalized spacial score (nSPS) is 16.6. The van der Waals surface area contributed by atoms with E-state index in [-0.39, 0.29) is 6.10 Å². The van der Waals surface area contributed by atoms with E-state index in [1.165, 1.54) is 4.31 Å². The first-order valence-electron chi connectivity index (χ1n) is 8.64. The molecular formula is C18H25N3O4S. The van der Waals surface area contributed by atoms with Crippen molar-refractivity contribution in [2.75, 3.05) is 20.2 Å². The highest BCUT2D eigenvalue weighted by Crippen LogP contribution is 2.28. The van der Waals surface area contributed by atoms with Gasteiger partial charge in [-0.05, 0) is 38.8 Å². The molecule has 0 bridgehead atoms. The Kier molecular flexibility index (Phi) is 5.24. The van der Waals surface area contributed by atoms with Crippen LogP contribution in [0.5, 0.6) is 11.5 Å². The van der Waals surface area contributed by atoms with E-state index in [0.29, 0.717) is 42.2 Å². The number of hydrogen-bond donors (Lipinski definition) is 0. The molecule has 1 aliphatic rings. The maximum atomic E-state index is 13.0. The van der Waals surface area contributed by atoms with E-state index in [2.05, 4.69) is 5.10 Å². The van der Waals surface area contributed by atoms with Crippen LogP contribution in [0.1, 0.15) is 24.2 Å². The minimum absolute atomic E-state index is 0.00958. The second-order valence-corrected chi connectivity index (χ2v) is 8.40. The van der Waals surface area contributed by atoms with Crippen LogP contribution >= 0.6 is 0 Å². The van der Waals surface area contributed by atoms with Crippen molar-refractivity contribution < 1.29 is 17.9 Å². The van der Waals surface area contributed by atoms with Crippen LogP contribution in [0.4, 0.5) is 0 Å². The fraction of sp³-hybridized carbons (Fsp3) is 0.500. The van der Waals surface area contributed by atoms with E-state index >= 15 is 0 Å². The number of sulfonamides is 1. The van der Waals surface area contributed by atoms with Gasteiger partial charge in [0.25, 0.3) is 0 Å². The van der Waals surface area contributed by atoms with Gasteiger partial charge in [-0.2, -0.15) is 9.40 Å². The molecule has 0 saturated carbocycles. The molecule has 0 spiro atoms. The lowest BCUT2D eigenvalue weighted by molar-refractivity contribution is 0.135. The minimum atomic E-state index is -3.54. The van der Waals surface area contributed by atoms with Crippen molar-refractivity contribution in [3.05, 3.63) is 35.7 Å². The number of methoxy groups -OCH3 is 1. The molecule has 0 unspecified atom stereocenters. The summed E-state index contributed by atoms with van der Waals surface area (Å²) in [5.74, 6) is 1.48.